The standard InChI is InChI=1S/C18H29N3O/c1-4-7-18(22)19-14-17(21-12-5-6-13-21)15-8-10-16(11-9-15)20(2)3/h8-11,17H,4-7,12-14H2,1-3H3,(H,19,22)/t17-/m0/s1. The van der Waals surface area contributed by atoms with E-state index in [1.165, 1.54) is 24.1 Å². The van der Waals surface area contributed by atoms with Crippen molar-refractivity contribution in [1.29, 1.82) is 0 Å². The molecule has 0 radical (unpaired) electrons. The molecule has 1 N–H and O–H groups in total. The number of nitrogens with one attached hydrogen (secondary N) is 1. The molecule has 0 aliphatic carbocycles. The highest BCUT2D eigenvalue weighted by Gasteiger charge is 2.23. The number of anilines is 1. The number of hydrogen-bond donors (Lipinski definition) is 1. The van der Waals surface area contributed by atoms with Crippen molar-refractivity contribution in [1.82, 2.24) is 10.2 Å². The summed E-state index contributed by atoms with van der Waals surface area (Å²) >= 11 is 0. The molecule has 2 rings (SSSR count). The molecule has 1 amide bonds. The molecular formula is C18H29N3O. The Balaban J connectivity index is 2.07. The summed E-state index contributed by atoms with van der Waals surface area (Å²) in [6.45, 7) is 5.01. The first-order chi connectivity index (χ1) is 10.6. The van der Waals surface area contributed by atoms with E-state index in [9.17, 15) is 4.79 Å². The van der Waals surface area contributed by atoms with Crippen LogP contribution in [0.15, 0.2) is 24.3 Å². The Labute approximate surface area is 134 Å². The van der Waals surface area contributed by atoms with Gasteiger partial charge in [-0.1, -0.05) is 19.1 Å². The Kier molecular flexibility index (Phi) is 6.25. The van der Waals surface area contributed by atoms with E-state index in [1.54, 1.807) is 0 Å². The van der Waals surface area contributed by atoms with Crippen LogP contribution in [-0.2, 0) is 4.79 Å². The van der Waals surface area contributed by atoms with Gasteiger partial charge in [0, 0.05) is 32.7 Å². The molecule has 1 aliphatic heterocycles. The van der Waals surface area contributed by atoms with Crippen molar-refractivity contribution in [2.45, 2.75) is 38.6 Å². The van der Waals surface area contributed by atoms with E-state index < -0.39 is 0 Å². The monoisotopic (exact) mass is 303 g/mol. The second-order valence-corrected chi connectivity index (χ2v) is 6.30. The lowest BCUT2D eigenvalue weighted by molar-refractivity contribution is -0.121. The fourth-order valence-corrected chi connectivity index (χ4v) is 3.03. The molecule has 0 saturated carbocycles. The van der Waals surface area contributed by atoms with Gasteiger partial charge >= 0.3 is 0 Å². The number of rotatable bonds is 7. The van der Waals surface area contributed by atoms with Crippen LogP contribution in [0.5, 0.6) is 0 Å². The number of nitrogens with zero attached hydrogens (tertiary/aromatic N) is 2. The van der Waals surface area contributed by atoms with Gasteiger partial charge in [0.05, 0.1) is 6.04 Å². The Morgan fingerprint density at radius 2 is 1.86 bits per heavy atom. The van der Waals surface area contributed by atoms with Gasteiger partial charge < -0.3 is 10.2 Å². The fraction of sp³-hybridized carbons (Fsp3) is 0.611. The summed E-state index contributed by atoms with van der Waals surface area (Å²) in [7, 11) is 4.11. The third-order valence-corrected chi connectivity index (χ3v) is 4.35. The van der Waals surface area contributed by atoms with Crippen molar-refractivity contribution < 1.29 is 4.79 Å². The van der Waals surface area contributed by atoms with Gasteiger partial charge in [-0.05, 0) is 50.0 Å². The molecule has 0 spiro atoms. The number of amides is 1. The van der Waals surface area contributed by atoms with Gasteiger partial charge in [0.25, 0.3) is 0 Å². The van der Waals surface area contributed by atoms with E-state index in [0.717, 1.165) is 19.5 Å². The maximum atomic E-state index is 11.8. The van der Waals surface area contributed by atoms with Crippen LogP contribution in [0.25, 0.3) is 0 Å². The third kappa shape index (κ3) is 4.47. The average Bonchev–Trinajstić information content (AvgIpc) is 3.02. The molecule has 22 heavy (non-hydrogen) atoms. The van der Waals surface area contributed by atoms with Crippen LogP contribution in [0, 0.1) is 0 Å². The van der Waals surface area contributed by atoms with Crippen LogP contribution in [-0.4, -0.2) is 44.5 Å². The van der Waals surface area contributed by atoms with Gasteiger partial charge in [-0.15, -0.1) is 0 Å². The molecule has 0 unspecified atom stereocenters. The molecular weight excluding hydrogens is 274 g/mol. The minimum absolute atomic E-state index is 0.164. The third-order valence-electron chi connectivity index (χ3n) is 4.35. The molecule has 4 heteroatoms. The average molecular weight is 303 g/mol. The Hall–Kier alpha value is -1.55. The molecule has 4 nitrogen and oxygen atoms in total. The summed E-state index contributed by atoms with van der Waals surface area (Å²) < 4.78 is 0. The zero-order valence-corrected chi connectivity index (χ0v) is 14.1. The largest absolute Gasteiger partial charge is 0.378 e. The van der Waals surface area contributed by atoms with Crippen molar-refractivity contribution in [3.8, 4) is 0 Å². The van der Waals surface area contributed by atoms with Crippen LogP contribution in [0.4, 0.5) is 5.69 Å². The predicted molar refractivity (Wildman–Crippen MR) is 92.2 cm³/mol. The smallest absolute Gasteiger partial charge is 0.220 e. The van der Waals surface area contributed by atoms with Gasteiger partial charge in [0.15, 0.2) is 0 Å². The summed E-state index contributed by atoms with van der Waals surface area (Å²) in [5.41, 5.74) is 2.50. The van der Waals surface area contributed by atoms with Crippen molar-refractivity contribution in [3.05, 3.63) is 29.8 Å². The van der Waals surface area contributed by atoms with E-state index in [4.69, 9.17) is 0 Å². The molecule has 0 aromatic heterocycles. The van der Waals surface area contributed by atoms with Crippen molar-refractivity contribution >= 4 is 11.6 Å². The number of carbonyl (C=O) groups is 1. The summed E-state index contributed by atoms with van der Waals surface area (Å²) in [5.74, 6) is 0.164. The topological polar surface area (TPSA) is 35.6 Å². The highest BCUT2D eigenvalue weighted by atomic mass is 16.1. The fourth-order valence-electron chi connectivity index (χ4n) is 3.03. The highest BCUT2D eigenvalue weighted by molar-refractivity contribution is 5.75. The van der Waals surface area contributed by atoms with Gasteiger partial charge in [-0.2, -0.15) is 0 Å². The summed E-state index contributed by atoms with van der Waals surface area (Å²) in [4.78, 5) is 16.4. The molecule has 1 atom stereocenters. The molecule has 0 bridgehead atoms. The quantitative estimate of drug-likeness (QED) is 0.841. The first-order valence-electron chi connectivity index (χ1n) is 8.40. The summed E-state index contributed by atoms with van der Waals surface area (Å²) in [6.07, 6.45) is 4.04. The Bertz CT molecular complexity index is 464. The van der Waals surface area contributed by atoms with Crippen molar-refractivity contribution in [2.75, 3.05) is 38.6 Å². The molecule has 1 aromatic rings. The lowest BCUT2D eigenvalue weighted by atomic mass is 10.0. The van der Waals surface area contributed by atoms with Crippen LogP contribution >= 0.6 is 0 Å². The zero-order valence-electron chi connectivity index (χ0n) is 14.1. The van der Waals surface area contributed by atoms with E-state index in [-0.39, 0.29) is 5.91 Å². The van der Waals surface area contributed by atoms with Crippen molar-refractivity contribution in [3.63, 3.8) is 0 Å². The van der Waals surface area contributed by atoms with Crippen molar-refractivity contribution in [2.24, 2.45) is 0 Å². The Morgan fingerprint density at radius 3 is 2.41 bits per heavy atom. The SMILES string of the molecule is CCCC(=O)NC[C@@H](c1ccc(N(C)C)cc1)N1CCCC1. The first kappa shape index (κ1) is 16.8. The second-order valence-electron chi connectivity index (χ2n) is 6.30. The van der Waals surface area contributed by atoms with E-state index in [0.29, 0.717) is 19.0 Å². The molecule has 1 saturated heterocycles. The van der Waals surface area contributed by atoms with Gasteiger partial charge in [-0.25, -0.2) is 0 Å². The van der Waals surface area contributed by atoms with Crippen LogP contribution in [0.1, 0.15) is 44.2 Å². The summed E-state index contributed by atoms with van der Waals surface area (Å²) in [5, 5.41) is 3.11. The molecule has 122 valence electrons. The minimum Gasteiger partial charge on any atom is -0.378 e. The predicted octanol–water partition coefficient (Wildman–Crippen LogP) is 2.81. The zero-order chi connectivity index (χ0) is 15.9. The Morgan fingerprint density at radius 1 is 1.23 bits per heavy atom. The lowest BCUT2D eigenvalue weighted by Gasteiger charge is -2.28. The highest BCUT2D eigenvalue weighted by Crippen LogP contribution is 2.26. The maximum Gasteiger partial charge on any atom is 0.220 e. The number of carbonyl (C=O) groups excluding carboxylic acids is 1. The van der Waals surface area contributed by atoms with Crippen LogP contribution < -0.4 is 10.2 Å². The number of hydrogen-bond acceptors (Lipinski definition) is 3. The maximum absolute atomic E-state index is 11.8. The van der Waals surface area contributed by atoms with Crippen LogP contribution in [0.3, 0.4) is 0 Å². The van der Waals surface area contributed by atoms with Crippen LogP contribution in [0.2, 0.25) is 0 Å². The normalized spacial score (nSPS) is 16.5. The lowest BCUT2D eigenvalue weighted by Crippen LogP contribution is -2.36. The van der Waals surface area contributed by atoms with E-state index in [1.807, 2.05) is 6.92 Å². The summed E-state index contributed by atoms with van der Waals surface area (Å²) in [6, 6.07) is 9.01. The molecule has 1 aromatic carbocycles. The second kappa shape index (κ2) is 8.18. The van der Waals surface area contributed by atoms with Gasteiger partial charge in [0.2, 0.25) is 5.91 Å². The van der Waals surface area contributed by atoms with E-state index in [2.05, 4.69) is 53.5 Å². The minimum atomic E-state index is 0.164. The molecule has 1 aliphatic rings. The molecule has 1 fully saturated rings. The van der Waals surface area contributed by atoms with Gasteiger partial charge in [0.1, 0.15) is 0 Å². The first-order valence-corrected chi connectivity index (χ1v) is 8.40. The van der Waals surface area contributed by atoms with Gasteiger partial charge in [-0.3, -0.25) is 9.69 Å². The van der Waals surface area contributed by atoms with E-state index >= 15 is 0 Å². The molecule has 1 heterocycles. The number of benzene rings is 1. The number of likely N-dealkylation sites (tertiary alicyclic amines) is 1.